The van der Waals surface area contributed by atoms with Crippen LogP contribution in [0, 0.1) is 0 Å². The van der Waals surface area contributed by atoms with Crippen LogP contribution in [0.3, 0.4) is 0 Å². The van der Waals surface area contributed by atoms with Gasteiger partial charge in [-0.3, -0.25) is 14.5 Å². The number of hydrogen-bond acceptors (Lipinski definition) is 4. The molecule has 0 N–H and O–H groups in total. The summed E-state index contributed by atoms with van der Waals surface area (Å²) < 4.78 is 0. The fourth-order valence-corrected chi connectivity index (χ4v) is 5.60. The van der Waals surface area contributed by atoms with E-state index in [1.54, 1.807) is 4.90 Å². The number of piperazine rings is 1. The van der Waals surface area contributed by atoms with Crippen LogP contribution in [-0.4, -0.2) is 83.8 Å². The number of fused-ring (bicyclic) bond motifs is 1. The minimum Gasteiger partial charge on any atom is -0.338 e. The molecule has 3 aliphatic heterocycles. The highest BCUT2D eigenvalue weighted by molar-refractivity contribution is 5.92. The minimum atomic E-state index is -0.544. The Hall–Kier alpha value is -2.70. The summed E-state index contributed by atoms with van der Waals surface area (Å²) in [5.74, 6) is 0.0929. The van der Waals surface area contributed by atoms with Gasteiger partial charge in [-0.1, -0.05) is 54.6 Å². The van der Waals surface area contributed by atoms with Crippen molar-refractivity contribution in [3.05, 3.63) is 71.3 Å². The predicted octanol–water partition coefficient (Wildman–Crippen LogP) is 2.55. The molecule has 3 heterocycles. The van der Waals surface area contributed by atoms with Gasteiger partial charge in [0, 0.05) is 38.8 Å². The van der Waals surface area contributed by atoms with Crippen LogP contribution in [0.15, 0.2) is 54.6 Å². The van der Waals surface area contributed by atoms with Gasteiger partial charge >= 0.3 is 0 Å². The molecule has 6 nitrogen and oxygen atoms in total. The van der Waals surface area contributed by atoms with Gasteiger partial charge in [-0.25, -0.2) is 0 Å². The molecule has 2 fully saturated rings. The molecule has 6 heteroatoms. The van der Waals surface area contributed by atoms with Crippen molar-refractivity contribution in [2.75, 3.05) is 46.3 Å². The van der Waals surface area contributed by atoms with Crippen molar-refractivity contribution in [3.8, 4) is 0 Å². The van der Waals surface area contributed by atoms with Crippen LogP contribution >= 0.6 is 0 Å². The van der Waals surface area contributed by atoms with Crippen molar-refractivity contribution in [2.24, 2.45) is 0 Å². The van der Waals surface area contributed by atoms with Crippen molar-refractivity contribution < 1.29 is 9.59 Å². The van der Waals surface area contributed by atoms with Gasteiger partial charge in [0.25, 0.3) is 0 Å². The fourth-order valence-electron chi connectivity index (χ4n) is 5.60. The Morgan fingerprint density at radius 1 is 0.879 bits per heavy atom. The maximum atomic E-state index is 13.9. The highest BCUT2D eigenvalue weighted by atomic mass is 16.2. The number of likely N-dealkylation sites (tertiary alicyclic amines) is 1. The maximum absolute atomic E-state index is 13.9. The van der Waals surface area contributed by atoms with Crippen LogP contribution in [0.2, 0.25) is 0 Å². The normalized spacial score (nSPS) is 22.9. The summed E-state index contributed by atoms with van der Waals surface area (Å²) >= 11 is 0. The molecule has 2 aromatic rings. The largest absolute Gasteiger partial charge is 0.338 e. The Kier molecular flexibility index (Phi) is 6.47. The average molecular weight is 447 g/mol. The summed E-state index contributed by atoms with van der Waals surface area (Å²) in [5, 5.41) is 0. The van der Waals surface area contributed by atoms with E-state index in [-0.39, 0.29) is 11.8 Å². The lowest BCUT2D eigenvalue weighted by atomic mass is 9.90. The lowest BCUT2D eigenvalue weighted by Crippen LogP contribution is -2.56. The topological polar surface area (TPSA) is 47.1 Å². The number of benzene rings is 2. The first-order chi connectivity index (χ1) is 16.1. The SMILES string of the molecule is CN1CCC(N2CCN(C(=O)C3c4ccccc4CC(=O)N3Cc3ccccc3)CC2)CC1. The van der Waals surface area contributed by atoms with E-state index in [0.29, 0.717) is 19.0 Å². The van der Waals surface area contributed by atoms with Gasteiger partial charge in [-0.05, 0) is 49.7 Å². The third-order valence-electron chi connectivity index (χ3n) is 7.58. The zero-order chi connectivity index (χ0) is 22.8. The zero-order valence-corrected chi connectivity index (χ0v) is 19.5. The summed E-state index contributed by atoms with van der Waals surface area (Å²) in [4.78, 5) is 35.8. The lowest BCUT2D eigenvalue weighted by molar-refractivity contribution is -0.149. The van der Waals surface area contributed by atoms with Gasteiger partial charge in [-0.15, -0.1) is 0 Å². The Bertz CT molecular complexity index is 979. The average Bonchev–Trinajstić information content (AvgIpc) is 2.85. The minimum absolute atomic E-state index is 0.0286. The molecule has 1 atom stereocenters. The Morgan fingerprint density at radius 3 is 2.27 bits per heavy atom. The first-order valence-corrected chi connectivity index (χ1v) is 12.2. The van der Waals surface area contributed by atoms with Gasteiger partial charge in [-0.2, -0.15) is 0 Å². The zero-order valence-electron chi connectivity index (χ0n) is 19.5. The highest BCUT2D eigenvalue weighted by Crippen LogP contribution is 2.33. The first-order valence-electron chi connectivity index (χ1n) is 12.2. The monoisotopic (exact) mass is 446 g/mol. The smallest absolute Gasteiger partial charge is 0.250 e. The molecule has 0 aliphatic carbocycles. The molecule has 174 valence electrons. The second-order valence-corrected chi connectivity index (χ2v) is 9.68. The molecule has 33 heavy (non-hydrogen) atoms. The fraction of sp³-hybridized carbons (Fsp3) is 0.481. The van der Waals surface area contributed by atoms with E-state index in [4.69, 9.17) is 0 Å². The maximum Gasteiger partial charge on any atom is 0.250 e. The molecule has 2 amide bonds. The third-order valence-corrected chi connectivity index (χ3v) is 7.58. The summed E-state index contributed by atoms with van der Waals surface area (Å²) in [6.45, 7) is 6.06. The molecule has 2 aromatic carbocycles. The van der Waals surface area contributed by atoms with Crippen LogP contribution in [0.25, 0.3) is 0 Å². The van der Waals surface area contributed by atoms with Gasteiger partial charge in [0.2, 0.25) is 11.8 Å². The molecule has 0 radical (unpaired) electrons. The van der Waals surface area contributed by atoms with E-state index in [9.17, 15) is 9.59 Å². The Morgan fingerprint density at radius 2 is 1.55 bits per heavy atom. The van der Waals surface area contributed by atoms with Crippen molar-refractivity contribution in [2.45, 2.75) is 37.9 Å². The lowest BCUT2D eigenvalue weighted by Gasteiger charge is -2.44. The van der Waals surface area contributed by atoms with E-state index in [2.05, 4.69) is 16.8 Å². The van der Waals surface area contributed by atoms with Crippen molar-refractivity contribution >= 4 is 11.8 Å². The van der Waals surface area contributed by atoms with Crippen LogP contribution in [-0.2, 0) is 22.6 Å². The van der Waals surface area contributed by atoms with E-state index in [0.717, 1.165) is 56.0 Å². The summed E-state index contributed by atoms with van der Waals surface area (Å²) in [5.41, 5.74) is 3.01. The van der Waals surface area contributed by atoms with Crippen LogP contribution in [0.4, 0.5) is 0 Å². The number of amides is 2. The van der Waals surface area contributed by atoms with Crippen molar-refractivity contribution in [1.29, 1.82) is 0 Å². The molecule has 2 saturated heterocycles. The van der Waals surface area contributed by atoms with Crippen LogP contribution < -0.4 is 0 Å². The Balaban J connectivity index is 1.33. The van der Waals surface area contributed by atoms with E-state index in [1.165, 1.54) is 12.8 Å². The Labute approximate surface area is 196 Å². The van der Waals surface area contributed by atoms with E-state index >= 15 is 0 Å². The van der Waals surface area contributed by atoms with Gasteiger partial charge in [0.05, 0.1) is 6.42 Å². The number of piperidine rings is 1. The predicted molar refractivity (Wildman–Crippen MR) is 129 cm³/mol. The molecule has 0 saturated carbocycles. The van der Waals surface area contributed by atoms with E-state index in [1.807, 2.05) is 59.5 Å². The molecule has 3 aliphatic rings. The summed E-state index contributed by atoms with van der Waals surface area (Å²) in [7, 11) is 2.19. The molecular weight excluding hydrogens is 412 g/mol. The standard InChI is InChI=1S/C27H34N4O2/c1-28-13-11-23(12-14-28)29-15-17-30(18-16-29)27(33)26-24-10-6-5-9-22(24)19-25(32)31(26)20-21-7-3-2-4-8-21/h2-10,23,26H,11-20H2,1H3. The number of hydrogen-bond donors (Lipinski definition) is 0. The van der Waals surface area contributed by atoms with Crippen molar-refractivity contribution in [3.63, 3.8) is 0 Å². The highest BCUT2D eigenvalue weighted by Gasteiger charge is 2.40. The molecule has 0 aromatic heterocycles. The van der Waals surface area contributed by atoms with E-state index < -0.39 is 6.04 Å². The molecule has 0 bridgehead atoms. The first kappa shape index (κ1) is 22.1. The second kappa shape index (κ2) is 9.65. The quantitative estimate of drug-likeness (QED) is 0.724. The molecule has 0 spiro atoms. The number of nitrogens with zero attached hydrogens (tertiary/aromatic N) is 4. The second-order valence-electron chi connectivity index (χ2n) is 9.68. The van der Waals surface area contributed by atoms with Gasteiger partial charge in [0.1, 0.15) is 6.04 Å². The van der Waals surface area contributed by atoms with Crippen molar-refractivity contribution in [1.82, 2.24) is 19.6 Å². The number of carbonyl (C=O) groups is 2. The molecule has 1 unspecified atom stereocenters. The van der Waals surface area contributed by atoms with Gasteiger partial charge in [0.15, 0.2) is 0 Å². The van der Waals surface area contributed by atoms with Crippen LogP contribution in [0.5, 0.6) is 0 Å². The third kappa shape index (κ3) is 4.68. The summed E-state index contributed by atoms with van der Waals surface area (Å²) in [6, 6.07) is 18.0. The number of carbonyl (C=O) groups excluding carboxylic acids is 2. The number of rotatable bonds is 4. The molecule has 5 rings (SSSR count). The van der Waals surface area contributed by atoms with Crippen LogP contribution in [0.1, 0.15) is 35.6 Å². The summed E-state index contributed by atoms with van der Waals surface area (Å²) in [6.07, 6.45) is 2.77. The molecular formula is C27H34N4O2. The van der Waals surface area contributed by atoms with Gasteiger partial charge < -0.3 is 14.7 Å².